The molecule has 0 bridgehead atoms. The van der Waals surface area contributed by atoms with Crippen LogP contribution in [0.4, 0.5) is 0 Å². The Labute approximate surface area is 315 Å². The quantitative estimate of drug-likeness (QED) is 0.105. The first-order valence-corrected chi connectivity index (χ1v) is 17.9. The molecule has 268 valence electrons. The van der Waals surface area contributed by atoms with Gasteiger partial charge in [-0.05, 0) is 83.8 Å². The molecule has 0 atom stereocenters. The lowest BCUT2D eigenvalue weighted by Gasteiger charge is -2.34. The number of benzene rings is 4. The van der Waals surface area contributed by atoms with Gasteiger partial charge in [-0.3, -0.25) is 9.69 Å². The summed E-state index contributed by atoms with van der Waals surface area (Å²) in [5, 5.41) is 1.08. The highest BCUT2D eigenvalue weighted by atomic mass is 35.5. The maximum atomic E-state index is 13.0. The molecule has 4 aromatic carbocycles. The van der Waals surface area contributed by atoms with E-state index < -0.39 is 0 Å². The number of amides is 1. The summed E-state index contributed by atoms with van der Waals surface area (Å²) in [6, 6.07) is 31.1. The van der Waals surface area contributed by atoms with Crippen LogP contribution in [0.5, 0.6) is 28.9 Å². The van der Waals surface area contributed by atoms with Gasteiger partial charge in [-0.2, -0.15) is 0 Å². The summed E-state index contributed by atoms with van der Waals surface area (Å²) in [7, 11) is 1.67. The third-order valence-corrected chi connectivity index (χ3v) is 9.42. The molecule has 0 N–H and O–H groups in total. The van der Waals surface area contributed by atoms with E-state index in [1.54, 1.807) is 43.7 Å². The van der Waals surface area contributed by atoms with Crippen LogP contribution in [0, 0.1) is 6.92 Å². The van der Waals surface area contributed by atoms with Crippen LogP contribution in [-0.4, -0.2) is 60.6 Å². The number of hydrogen-bond acceptors (Lipinski definition) is 7. The van der Waals surface area contributed by atoms with Crippen LogP contribution in [-0.2, 0) is 24.4 Å². The van der Waals surface area contributed by atoms with Crippen LogP contribution in [0.3, 0.4) is 0 Å². The lowest BCUT2D eigenvalue weighted by atomic mass is 10.1. The number of nitrogens with zero attached hydrogens (tertiary/aromatic N) is 3. The minimum atomic E-state index is -0.0223. The smallest absolute Gasteiger partial charge is 0.246 e. The van der Waals surface area contributed by atoms with Gasteiger partial charge in [0.25, 0.3) is 0 Å². The van der Waals surface area contributed by atoms with Crippen LogP contribution in [0.15, 0.2) is 109 Å². The number of aromatic nitrogens is 1. The molecule has 0 aliphatic carbocycles. The summed E-state index contributed by atoms with van der Waals surface area (Å²) in [5.74, 6) is 3.17. The van der Waals surface area contributed by atoms with Crippen molar-refractivity contribution in [3.05, 3.63) is 147 Å². The van der Waals surface area contributed by atoms with E-state index in [-0.39, 0.29) is 5.91 Å². The molecule has 1 amide bonds. The van der Waals surface area contributed by atoms with Crippen LogP contribution in [0.25, 0.3) is 6.08 Å². The molecule has 1 aromatic heterocycles. The van der Waals surface area contributed by atoms with Crippen molar-refractivity contribution in [2.45, 2.75) is 26.5 Å². The molecule has 2 heterocycles. The molecule has 52 heavy (non-hydrogen) atoms. The van der Waals surface area contributed by atoms with Gasteiger partial charge in [0.2, 0.25) is 11.8 Å². The van der Waals surface area contributed by atoms with E-state index in [2.05, 4.69) is 34.1 Å². The predicted octanol–water partition coefficient (Wildman–Crippen LogP) is 9.06. The number of halogens is 2. The Bertz CT molecular complexity index is 1940. The molecule has 5 aromatic rings. The number of carbonyl (C=O) groups excluding carboxylic acids is 1. The highest BCUT2D eigenvalue weighted by Crippen LogP contribution is 2.34. The number of methoxy groups -OCH3 is 1. The molecular formula is C42H41Cl2N3O5. The van der Waals surface area contributed by atoms with Crippen LogP contribution < -0.4 is 18.9 Å². The Hall–Kier alpha value is -5.02. The van der Waals surface area contributed by atoms with E-state index in [9.17, 15) is 4.79 Å². The zero-order chi connectivity index (χ0) is 36.3. The van der Waals surface area contributed by atoms with Gasteiger partial charge in [0, 0.05) is 61.9 Å². The summed E-state index contributed by atoms with van der Waals surface area (Å²) >= 11 is 12.8. The maximum Gasteiger partial charge on any atom is 0.246 e. The molecule has 1 saturated heterocycles. The lowest BCUT2D eigenvalue weighted by molar-refractivity contribution is -0.127. The predicted molar refractivity (Wildman–Crippen MR) is 206 cm³/mol. The third kappa shape index (κ3) is 10.3. The van der Waals surface area contributed by atoms with E-state index in [4.69, 9.17) is 42.1 Å². The highest BCUT2D eigenvalue weighted by molar-refractivity contribution is 6.32. The zero-order valence-corrected chi connectivity index (χ0v) is 30.8. The maximum absolute atomic E-state index is 13.0. The van der Waals surface area contributed by atoms with Gasteiger partial charge in [0.05, 0.1) is 24.9 Å². The zero-order valence-electron chi connectivity index (χ0n) is 29.3. The molecule has 0 radical (unpaired) electrons. The Morgan fingerprint density at radius 1 is 0.808 bits per heavy atom. The van der Waals surface area contributed by atoms with E-state index in [1.807, 2.05) is 66.4 Å². The van der Waals surface area contributed by atoms with Crippen LogP contribution in [0.1, 0.15) is 27.8 Å². The molecule has 1 aliphatic rings. The van der Waals surface area contributed by atoms with Crippen LogP contribution in [0.2, 0.25) is 10.0 Å². The van der Waals surface area contributed by atoms with Crippen molar-refractivity contribution in [2.75, 3.05) is 39.9 Å². The van der Waals surface area contributed by atoms with E-state index >= 15 is 0 Å². The van der Waals surface area contributed by atoms with Crippen LogP contribution >= 0.6 is 23.2 Å². The Morgan fingerprint density at radius 3 is 2.21 bits per heavy atom. The fraction of sp³-hybridized carbons (Fsp3) is 0.238. The van der Waals surface area contributed by atoms with Crippen molar-refractivity contribution < 1.29 is 23.7 Å². The number of hydrogen-bond donors (Lipinski definition) is 0. The highest BCUT2D eigenvalue weighted by Gasteiger charge is 2.20. The Morgan fingerprint density at radius 2 is 1.52 bits per heavy atom. The lowest BCUT2D eigenvalue weighted by Crippen LogP contribution is -2.47. The Kier molecular flexibility index (Phi) is 12.7. The second-order valence-corrected chi connectivity index (χ2v) is 13.3. The molecule has 10 heteroatoms. The fourth-order valence-electron chi connectivity index (χ4n) is 5.80. The molecule has 1 fully saturated rings. The molecule has 8 nitrogen and oxygen atoms in total. The summed E-state index contributed by atoms with van der Waals surface area (Å²) in [6.07, 6.45) is 5.83. The number of carbonyl (C=O) groups is 1. The minimum absolute atomic E-state index is 0.0223. The molecule has 0 saturated carbocycles. The van der Waals surface area contributed by atoms with Crippen molar-refractivity contribution in [2.24, 2.45) is 0 Å². The van der Waals surface area contributed by atoms with Gasteiger partial charge in [0.15, 0.2) is 5.75 Å². The normalized spacial score (nSPS) is 13.3. The number of piperazine rings is 1. The summed E-state index contributed by atoms with van der Waals surface area (Å²) in [5.41, 5.74) is 4.95. The Balaban J connectivity index is 0.929. The summed E-state index contributed by atoms with van der Waals surface area (Å²) in [6.45, 7) is 6.62. The third-order valence-electron chi connectivity index (χ3n) is 8.77. The van der Waals surface area contributed by atoms with Crippen molar-refractivity contribution >= 4 is 35.2 Å². The number of rotatable bonds is 14. The van der Waals surface area contributed by atoms with Gasteiger partial charge < -0.3 is 23.8 Å². The second-order valence-electron chi connectivity index (χ2n) is 12.5. The average Bonchev–Trinajstić information content (AvgIpc) is 3.17. The van der Waals surface area contributed by atoms with E-state index in [0.717, 1.165) is 54.2 Å². The molecule has 0 unspecified atom stereocenters. The molecule has 0 spiro atoms. The number of pyridine rings is 1. The standard InChI is InChI=1S/C42H41Cl2N3O5/c1-30-25-33(26-39(44)42(30)52-40-17-16-37(27-45-40)51-29-34-5-3-4-6-38(34)43)11-18-41(48)47-22-20-46(21-23-47)28-32-9-14-36(15-10-32)50-24-19-31-7-12-35(49-2)13-8-31/h3-18,25-27H,19-24,28-29H2,1-2H3/b18-11+. The van der Waals surface area contributed by atoms with Gasteiger partial charge in [-0.15, -0.1) is 0 Å². The SMILES string of the molecule is COc1ccc(CCOc2ccc(CN3CCN(C(=O)/C=C/c4cc(C)c(Oc5ccc(OCc6ccccc6Cl)cn5)c(Cl)c4)CC3)cc2)cc1. The van der Waals surface area contributed by atoms with Crippen molar-refractivity contribution in [3.8, 4) is 28.9 Å². The topological polar surface area (TPSA) is 73.4 Å². The monoisotopic (exact) mass is 737 g/mol. The minimum Gasteiger partial charge on any atom is -0.497 e. The van der Waals surface area contributed by atoms with E-state index in [1.165, 1.54) is 11.1 Å². The van der Waals surface area contributed by atoms with E-state index in [0.29, 0.717) is 53.7 Å². The largest absolute Gasteiger partial charge is 0.497 e. The van der Waals surface area contributed by atoms with Crippen molar-refractivity contribution in [3.63, 3.8) is 0 Å². The van der Waals surface area contributed by atoms with Gasteiger partial charge in [-0.25, -0.2) is 4.98 Å². The second kappa shape index (κ2) is 18.0. The number of aryl methyl sites for hydroxylation is 1. The first-order chi connectivity index (χ1) is 25.3. The molecular weight excluding hydrogens is 697 g/mol. The molecule has 1 aliphatic heterocycles. The van der Waals surface area contributed by atoms with Gasteiger partial charge in [0.1, 0.15) is 23.9 Å². The van der Waals surface area contributed by atoms with Crippen molar-refractivity contribution in [1.29, 1.82) is 0 Å². The van der Waals surface area contributed by atoms with Gasteiger partial charge in [-0.1, -0.05) is 65.7 Å². The fourth-order valence-corrected chi connectivity index (χ4v) is 6.31. The molecule has 6 rings (SSSR count). The first kappa shape index (κ1) is 36.8. The number of ether oxygens (including phenoxy) is 4. The first-order valence-electron chi connectivity index (χ1n) is 17.2. The average molecular weight is 739 g/mol. The van der Waals surface area contributed by atoms with Crippen molar-refractivity contribution in [1.82, 2.24) is 14.8 Å². The summed E-state index contributed by atoms with van der Waals surface area (Å²) < 4.78 is 23.0. The van der Waals surface area contributed by atoms with Gasteiger partial charge >= 0.3 is 0 Å². The summed E-state index contributed by atoms with van der Waals surface area (Å²) in [4.78, 5) is 21.7.